The maximum atomic E-state index is 12.7. The van der Waals surface area contributed by atoms with Gasteiger partial charge in [0.15, 0.2) is 40.7 Å². The zero-order chi connectivity index (χ0) is 51.5. The molecule has 0 saturated heterocycles. The van der Waals surface area contributed by atoms with Gasteiger partial charge < -0.3 is 0 Å². The van der Waals surface area contributed by atoms with Crippen LogP contribution in [-0.4, -0.2) is 26.2 Å². The summed E-state index contributed by atoms with van der Waals surface area (Å²) in [5.41, 5.74) is -5.77. The van der Waals surface area contributed by atoms with Gasteiger partial charge >= 0.3 is 12.4 Å². The van der Waals surface area contributed by atoms with Crippen LogP contribution in [0.5, 0.6) is 0 Å². The molecular weight excluding hydrogens is 1140 g/mol. The molecule has 5 aromatic rings. The van der Waals surface area contributed by atoms with E-state index < -0.39 is 113 Å². The highest BCUT2D eigenvalue weighted by molar-refractivity contribution is 6.70. The Kier molecular flexibility index (Phi) is 23.5. The molecule has 0 fully saturated rings. The Morgan fingerprint density at radius 3 is 1.23 bits per heavy atom. The molecule has 66 heavy (non-hydrogen) atoms. The number of alkyl halides is 6. The van der Waals surface area contributed by atoms with Gasteiger partial charge in [-0.05, 0) is 119 Å². The largest absolute Gasteiger partial charge is 0.417 e. The van der Waals surface area contributed by atoms with Crippen molar-refractivity contribution in [3.05, 3.63) is 171 Å². The number of carbonyl (C=O) groups excluding carboxylic acids is 5. The molecule has 0 aliphatic carbocycles. The van der Waals surface area contributed by atoms with Gasteiger partial charge in [0.2, 0.25) is 0 Å². The van der Waals surface area contributed by atoms with E-state index in [9.17, 15) is 85.4 Å². The zero-order valence-electron chi connectivity index (χ0n) is 30.4. The summed E-state index contributed by atoms with van der Waals surface area (Å²) in [6.45, 7) is 0. The molecule has 5 nitrogen and oxygen atoms in total. The van der Waals surface area contributed by atoms with E-state index in [1.54, 1.807) is 0 Å². The second kappa shape index (κ2) is 25.7. The molecule has 0 radical (unpaired) electrons. The Balaban J connectivity index is 0.000000415. The summed E-state index contributed by atoms with van der Waals surface area (Å²) < 4.78 is 173. The van der Waals surface area contributed by atoms with Gasteiger partial charge in [-0.15, -0.1) is 0 Å². The van der Waals surface area contributed by atoms with Gasteiger partial charge in [-0.25, -0.2) is 35.1 Å². The fourth-order valence-electron chi connectivity index (χ4n) is 3.93. The maximum absolute atomic E-state index is 12.7. The van der Waals surface area contributed by atoms with E-state index in [0.29, 0.717) is 11.1 Å². The van der Waals surface area contributed by atoms with Crippen LogP contribution in [0.1, 0.15) is 62.9 Å². The third-order valence-corrected chi connectivity index (χ3v) is 9.27. The summed E-state index contributed by atoms with van der Waals surface area (Å²) in [5.74, 6) is -12.8. The third kappa shape index (κ3) is 17.5. The molecule has 5 aromatic carbocycles. The van der Waals surface area contributed by atoms with E-state index in [1.807, 2.05) is 0 Å². The van der Waals surface area contributed by atoms with Crippen LogP contribution in [0.3, 0.4) is 0 Å². The molecule has 0 bridgehead atoms. The van der Waals surface area contributed by atoms with Crippen molar-refractivity contribution < 1.29 is 85.4 Å². The molecule has 0 aliphatic heterocycles. The summed E-state index contributed by atoms with van der Waals surface area (Å²) in [6, 6.07) is 6.96. The lowest BCUT2D eigenvalue weighted by Gasteiger charge is -2.13. The predicted octanol–water partition coefficient (Wildman–Crippen LogP) is 16.7. The van der Waals surface area contributed by atoms with Gasteiger partial charge in [0.05, 0.1) is 53.5 Å². The monoisotopic (exact) mass is 1150 g/mol. The first-order valence-electron chi connectivity index (χ1n) is 15.6. The molecule has 0 unspecified atom stereocenters. The van der Waals surface area contributed by atoms with Crippen molar-refractivity contribution >= 4 is 142 Å². The second-order valence-electron chi connectivity index (χ2n) is 11.2. The molecule has 0 spiro atoms. The molecule has 356 valence electrons. The van der Waals surface area contributed by atoms with Gasteiger partial charge in [0.25, 0.3) is 26.2 Å². The third-order valence-electron chi connectivity index (χ3n) is 6.85. The van der Waals surface area contributed by atoms with Crippen LogP contribution in [0.2, 0.25) is 25.1 Å². The summed E-state index contributed by atoms with van der Waals surface area (Å²) in [5, 5.41) is -5.06. The molecule has 29 heteroatoms. The molecule has 0 saturated carbocycles. The van der Waals surface area contributed by atoms with Crippen LogP contribution in [0.15, 0.2) is 60.7 Å². The highest BCUT2D eigenvalue weighted by Crippen LogP contribution is 2.37. The number of halogens is 24. The SMILES string of the molecule is O=C(Cl)c1c(Cl)cc(Cl)cc1Cl.O=C(Cl)c1cc(C(F)(F)F)ccc1C(F)(F)F.O=C(Cl)c1cc(F)c(Cl)cc1Cl.O=C(Cl)c1cc(F)c(F)c(F)c1F.O=C(Cl)c1ccc(F)c(F)c1F. The van der Waals surface area contributed by atoms with E-state index in [2.05, 4.69) is 0 Å². The number of rotatable bonds is 5. The van der Waals surface area contributed by atoms with Crippen molar-refractivity contribution in [1.29, 1.82) is 0 Å². The van der Waals surface area contributed by atoms with Gasteiger partial charge in [0.1, 0.15) is 5.82 Å². The van der Waals surface area contributed by atoms with Crippen LogP contribution in [0.25, 0.3) is 0 Å². The molecular formula is C37H10Cl10F14O5. The average molecular weight is 1150 g/mol. The van der Waals surface area contributed by atoms with Crippen LogP contribution in [0, 0.1) is 46.5 Å². The number of benzene rings is 5. The first-order chi connectivity index (χ1) is 30.1. The topological polar surface area (TPSA) is 85.3 Å². The minimum atomic E-state index is -4.94. The number of hydrogen-bond donors (Lipinski definition) is 0. The Morgan fingerprint density at radius 1 is 0.364 bits per heavy atom. The first-order valence-corrected chi connectivity index (χ1v) is 19.4. The fourth-order valence-corrected chi connectivity index (χ4v) is 6.33. The minimum absolute atomic E-state index is 0.0430. The van der Waals surface area contributed by atoms with E-state index in [-0.39, 0.29) is 55.5 Å². The normalized spacial score (nSPS) is 10.7. The predicted molar refractivity (Wildman–Crippen MR) is 218 cm³/mol. The van der Waals surface area contributed by atoms with E-state index in [4.69, 9.17) is 116 Å². The molecule has 0 atom stereocenters. The standard InChI is InChI=1S/C9H3ClF6O.C7H2Cl4O.C7H2Cl3FO.C7HClF4O.C7H2ClF3O/c10-7(17)5-3-4(8(11,12)13)1-2-6(5)9(14,15)16;8-3-1-4(9)6(7(11)12)5(10)2-3;8-4-2-5(9)6(11)1-3(4)7(10)12;8-7(13)2-1-3(9)5(11)6(12)4(2)10;8-7(12)3-1-2-4(9)6(11)5(3)10/h1-3H;2*1-2H;1H;1-2H. The number of carbonyl (C=O) groups is 5. The van der Waals surface area contributed by atoms with E-state index in [0.717, 1.165) is 18.2 Å². The molecule has 0 aromatic heterocycles. The maximum Gasteiger partial charge on any atom is 0.417 e. The smallest absolute Gasteiger partial charge is 0.276 e. The van der Waals surface area contributed by atoms with Gasteiger partial charge in [-0.3, -0.25) is 24.0 Å². The van der Waals surface area contributed by atoms with Crippen LogP contribution < -0.4 is 0 Å². The summed E-state index contributed by atoms with van der Waals surface area (Å²) >= 11 is 52.6. The highest BCUT2D eigenvalue weighted by atomic mass is 35.5. The molecule has 0 aliphatic rings. The van der Waals surface area contributed by atoms with Crippen molar-refractivity contribution in [2.75, 3.05) is 0 Å². The summed E-state index contributed by atoms with van der Waals surface area (Å²) in [4.78, 5) is 52.8. The fraction of sp³-hybridized carbons (Fsp3) is 0.0541. The van der Waals surface area contributed by atoms with Gasteiger partial charge in [-0.2, -0.15) is 26.3 Å². The minimum Gasteiger partial charge on any atom is -0.276 e. The van der Waals surface area contributed by atoms with Crippen molar-refractivity contribution in [2.24, 2.45) is 0 Å². The zero-order valence-corrected chi connectivity index (χ0v) is 37.9. The Hall–Kier alpha value is -3.63. The van der Waals surface area contributed by atoms with Crippen molar-refractivity contribution in [3.63, 3.8) is 0 Å². The van der Waals surface area contributed by atoms with Crippen LogP contribution in [0.4, 0.5) is 61.5 Å². The van der Waals surface area contributed by atoms with Crippen LogP contribution in [-0.2, 0) is 12.4 Å². The average Bonchev–Trinajstić information content (AvgIpc) is 3.18. The Bertz CT molecular complexity index is 2650. The molecule has 0 amide bonds. The van der Waals surface area contributed by atoms with Gasteiger partial charge in [0, 0.05) is 10.6 Å². The van der Waals surface area contributed by atoms with Crippen LogP contribution >= 0.6 is 116 Å². The molecule has 0 heterocycles. The summed E-state index contributed by atoms with van der Waals surface area (Å²) in [7, 11) is 0. The Morgan fingerprint density at radius 2 is 0.803 bits per heavy atom. The van der Waals surface area contributed by atoms with Crippen molar-refractivity contribution in [1.82, 2.24) is 0 Å². The number of hydrogen-bond acceptors (Lipinski definition) is 5. The summed E-state index contributed by atoms with van der Waals surface area (Å²) in [6.07, 6.45) is -9.78. The second-order valence-corrected chi connectivity index (χ2v) is 15.0. The lowest BCUT2D eigenvalue weighted by molar-refractivity contribution is -0.141. The van der Waals surface area contributed by atoms with Crippen molar-refractivity contribution in [2.45, 2.75) is 12.4 Å². The lowest BCUT2D eigenvalue weighted by atomic mass is 10.0. The highest BCUT2D eigenvalue weighted by Gasteiger charge is 2.38. The molecule has 5 rings (SSSR count). The quantitative estimate of drug-likeness (QED) is 0.0757. The van der Waals surface area contributed by atoms with E-state index in [1.165, 1.54) is 12.1 Å². The van der Waals surface area contributed by atoms with Crippen molar-refractivity contribution in [3.8, 4) is 0 Å². The Labute approximate surface area is 408 Å². The first kappa shape index (κ1) is 60.4. The van der Waals surface area contributed by atoms with E-state index >= 15 is 0 Å². The van der Waals surface area contributed by atoms with Gasteiger partial charge in [-0.1, -0.05) is 58.0 Å². The molecule has 0 N–H and O–H groups in total. The lowest BCUT2D eigenvalue weighted by Crippen LogP contribution is -2.14.